The summed E-state index contributed by atoms with van der Waals surface area (Å²) < 4.78 is 0. The van der Waals surface area contributed by atoms with Crippen LogP contribution in [-0.2, 0) is 15.2 Å². The van der Waals surface area contributed by atoms with Gasteiger partial charge in [0.25, 0.3) is 0 Å². The van der Waals surface area contributed by atoms with E-state index in [-0.39, 0.29) is 12.5 Å². The Labute approximate surface area is 124 Å². The lowest BCUT2D eigenvalue weighted by molar-refractivity contribution is -0.137. The number of nitrogens with zero attached hydrogens (tertiary/aromatic N) is 2. The summed E-state index contributed by atoms with van der Waals surface area (Å²) in [7, 11) is 1.64. The molecule has 1 heterocycles. The fraction of sp³-hybridized carbons (Fsp3) is 0.467. The highest BCUT2D eigenvalue weighted by atomic mass is 16.3. The monoisotopic (exact) mass is 291 g/mol. The van der Waals surface area contributed by atoms with Crippen LogP contribution in [-0.4, -0.2) is 54.0 Å². The standard InChI is InChI=1S/C15H21N3O3/c1-17(16-12-19)11-14(20)18-9-7-15(21,8-10-18)13-5-3-2-4-6-13/h2-6,12,21H,7-11H2,1H3,(H,16,19). The molecule has 6 nitrogen and oxygen atoms in total. The van der Waals surface area contributed by atoms with Crippen LogP contribution in [0.2, 0.25) is 0 Å². The molecule has 1 aliphatic heterocycles. The molecular formula is C15H21N3O3. The number of carbonyl (C=O) groups excluding carboxylic acids is 2. The van der Waals surface area contributed by atoms with E-state index in [1.54, 1.807) is 11.9 Å². The predicted octanol–water partition coefficient (Wildman–Crippen LogP) is 0.0894. The van der Waals surface area contributed by atoms with E-state index in [2.05, 4.69) is 5.43 Å². The molecule has 0 spiro atoms. The molecule has 1 saturated heterocycles. The quantitative estimate of drug-likeness (QED) is 0.596. The van der Waals surface area contributed by atoms with Gasteiger partial charge in [0.15, 0.2) is 0 Å². The van der Waals surface area contributed by atoms with E-state index in [9.17, 15) is 14.7 Å². The van der Waals surface area contributed by atoms with Crippen molar-refractivity contribution < 1.29 is 14.7 Å². The molecule has 0 unspecified atom stereocenters. The number of aliphatic hydroxyl groups is 1. The Kier molecular flexibility index (Phi) is 4.93. The second-order valence-corrected chi connectivity index (χ2v) is 5.38. The number of rotatable bonds is 5. The number of piperidine rings is 1. The average Bonchev–Trinajstić information content (AvgIpc) is 2.49. The van der Waals surface area contributed by atoms with Crippen LogP contribution in [0.15, 0.2) is 30.3 Å². The van der Waals surface area contributed by atoms with Crippen LogP contribution >= 0.6 is 0 Å². The van der Waals surface area contributed by atoms with Crippen LogP contribution in [0.3, 0.4) is 0 Å². The van der Waals surface area contributed by atoms with Gasteiger partial charge in [-0.3, -0.25) is 15.0 Å². The molecule has 0 bridgehead atoms. The summed E-state index contributed by atoms with van der Waals surface area (Å²) >= 11 is 0. The summed E-state index contributed by atoms with van der Waals surface area (Å²) in [5.74, 6) is -0.0537. The molecule has 6 heteroatoms. The van der Waals surface area contributed by atoms with Crippen LogP contribution in [0.25, 0.3) is 0 Å². The molecule has 1 aromatic carbocycles. The van der Waals surface area contributed by atoms with Crippen molar-refractivity contribution in [1.29, 1.82) is 0 Å². The minimum atomic E-state index is -0.856. The van der Waals surface area contributed by atoms with Crippen molar-refractivity contribution in [3.8, 4) is 0 Å². The van der Waals surface area contributed by atoms with Crippen molar-refractivity contribution in [3.63, 3.8) is 0 Å². The SMILES string of the molecule is CN(CC(=O)N1CCC(O)(c2ccccc2)CC1)NC=O. The Morgan fingerprint density at radius 3 is 2.57 bits per heavy atom. The Morgan fingerprint density at radius 1 is 1.38 bits per heavy atom. The van der Waals surface area contributed by atoms with E-state index < -0.39 is 5.60 Å². The Balaban J connectivity index is 1.91. The number of carbonyl (C=O) groups is 2. The van der Waals surface area contributed by atoms with Gasteiger partial charge in [-0.1, -0.05) is 30.3 Å². The summed E-state index contributed by atoms with van der Waals surface area (Å²) in [5.41, 5.74) is 2.46. The Hall–Kier alpha value is -1.92. The van der Waals surface area contributed by atoms with E-state index in [4.69, 9.17) is 0 Å². The van der Waals surface area contributed by atoms with Gasteiger partial charge < -0.3 is 10.0 Å². The summed E-state index contributed by atoms with van der Waals surface area (Å²) in [6.45, 7) is 1.15. The van der Waals surface area contributed by atoms with E-state index in [0.29, 0.717) is 32.3 Å². The van der Waals surface area contributed by atoms with E-state index in [1.165, 1.54) is 5.01 Å². The average molecular weight is 291 g/mol. The summed E-state index contributed by atoms with van der Waals surface area (Å²) in [4.78, 5) is 24.1. The van der Waals surface area contributed by atoms with Crippen molar-refractivity contribution in [2.75, 3.05) is 26.7 Å². The first-order chi connectivity index (χ1) is 10.0. The summed E-state index contributed by atoms with van der Waals surface area (Å²) in [5, 5.41) is 12.1. The van der Waals surface area contributed by atoms with Gasteiger partial charge in [-0.05, 0) is 18.4 Å². The third-order valence-electron chi connectivity index (χ3n) is 3.90. The van der Waals surface area contributed by atoms with Crippen LogP contribution in [0.1, 0.15) is 18.4 Å². The molecule has 1 aliphatic rings. The van der Waals surface area contributed by atoms with Gasteiger partial charge in [0.1, 0.15) is 0 Å². The predicted molar refractivity (Wildman–Crippen MR) is 78.0 cm³/mol. The fourth-order valence-corrected chi connectivity index (χ4v) is 2.60. The lowest BCUT2D eigenvalue weighted by Crippen LogP contribution is -2.49. The van der Waals surface area contributed by atoms with Crippen LogP contribution in [0.5, 0.6) is 0 Å². The molecule has 0 radical (unpaired) electrons. The van der Waals surface area contributed by atoms with Crippen molar-refractivity contribution in [2.45, 2.75) is 18.4 Å². The van der Waals surface area contributed by atoms with Crippen LogP contribution in [0, 0.1) is 0 Å². The van der Waals surface area contributed by atoms with E-state index in [1.807, 2.05) is 30.3 Å². The summed E-state index contributed by atoms with van der Waals surface area (Å²) in [6.07, 6.45) is 1.58. The minimum Gasteiger partial charge on any atom is -0.385 e. The van der Waals surface area contributed by atoms with Crippen LogP contribution in [0.4, 0.5) is 0 Å². The van der Waals surface area contributed by atoms with Gasteiger partial charge in [-0.25, -0.2) is 5.01 Å². The van der Waals surface area contributed by atoms with Gasteiger partial charge >= 0.3 is 0 Å². The molecule has 21 heavy (non-hydrogen) atoms. The minimum absolute atomic E-state index is 0.0537. The number of amides is 2. The lowest BCUT2D eigenvalue weighted by atomic mass is 9.84. The van der Waals surface area contributed by atoms with Gasteiger partial charge in [0.2, 0.25) is 12.3 Å². The topological polar surface area (TPSA) is 72.9 Å². The molecule has 0 saturated carbocycles. The largest absolute Gasteiger partial charge is 0.385 e. The number of hydrogen-bond donors (Lipinski definition) is 2. The zero-order chi connectivity index (χ0) is 15.3. The van der Waals surface area contributed by atoms with Gasteiger partial charge in [-0.2, -0.15) is 0 Å². The molecule has 2 N–H and O–H groups in total. The van der Waals surface area contributed by atoms with Crippen molar-refractivity contribution in [1.82, 2.24) is 15.3 Å². The first kappa shape index (κ1) is 15.5. The number of hydrazine groups is 1. The number of likely N-dealkylation sites (tertiary alicyclic amines) is 1. The number of nitrogens with one attached hydrogen (secondary N) is 1. The Bertz CT molecular complexity index is 484. The maximum absolute atomic E-state index is 12.1. The van der Waals surface area contributed by atoms with Gasteiger partial charge in [0.05, 0.1) is 12.1 Å². The maximum Gasteiger partial charge on any atom is 0.238 e. The number of likely N-dealkylation sites (N-methyl/N-ethyl adjacent to an activating group) is 1. The van der Waals surface area contributed by atoms with Gasteiger partial charge in [-0.15, -0.1) is 0 Å². The lowest BCUT2D eigenvalue weighted by Gasteiger charge is -2.39. The third kappa shape index (κ3) is 3.80. The van der Waals surface area contributed by atoms with Gasteiger partial charge in [0, 0.05) is 20.1 Å². The highest BCUT2D eigenvalue weighted by Gasteiger charge is 2.35. The molecule has 1 fully saturated rings. The number of benzene rings is 1. The molecule has 114 valence electrons. The van der Waals surface area contributed by atoms with E-state index >= 15 is 0 Å². The molecule has 0 aliphatic carbocycles. The second kappa shape index (κ2) is 6.69. The van der Waals surface area contributed by atoms with Crippen molar-refractivity contribution in [3.05, 3.63) is 35.9 Å². The zero-order valence-electron chi connectivity index (χ0n) is 12.2. The number of hydrogen-bond acceptors (Lipinski definition) is 4. The fourth-order valence-electron chi connectivity index (χ4n) is 2.60. The first-order valence-electron chi connectivity index (χ1n) is 7.02. The van der Waals surface area contributed by atoms with Crippen molar-refractivity contribution in [2.24, 2.45) is 0 Å². The zero-order valence-corrected chi connectivity index (χ0v) is 12.2. The second-order valence-electron chi connectivity index (χ2n) is 5.38. The van der Waals surface area contributed by atoms with E-state index in [0.717, 1.165) is 5.56 Å². The highest BCUT2D eigenvalue weighted by molar-refractivity contribution is 5.78. The van der Waals surface area contributed by atoms with Crippen molar-refractivity contribution >= 4 is 12.3 Å². The molecule has 0 atom stereocenters. The maximum atomic E-state index is 12.1. The molecule has 0 aromatic heterocycles. The third-order valence-corrected chi connectivity index (χ3v) is 3.90. The molecule has 1 aromatic rings. The highest BCUT2D eigenvalue weighted by Crippen LogP contribution is 2.32. The first-order valence-corrected chi connectivity index (χ1v) is 7.02. The summed E-state index contributed by atoms with van der Waals surface area (Å²) in [6, 6.07) is 9.57. The smallest absolute Gasteiger partial charge is 0.238 e. The molecule has 2 amide bonds. The van der Waals surface area contributed by atoms with Crippen LogP contribution < -0.4 is 5.43 Å². The molecular weight excluding hydrogens is 270 g/mol. The normalized spacial score (nSPS) is 17.6. The molecule has 2 rings (SSSR count). The Morgan fingerprint density at radius 2 is 2.00 bits per heavy atom.